The Morgan fingerprint density at radius 3 is 2.72 bits per heavy atom. The van der Waals surface area contributed by atoms with Crippen LogP contribution in [0.25, 0.3) is 5.82 Å². The maximum Gasteiger partial charge on any atom is 0.224 e. The lowest BCUT2D eigenvalue weighted by atomic mass is 10.4. The van der Waals surface area contributed by atoms with Crippen LogP contribution < -0.4 is 5.32 Å². The third-order valence-corrected chi connectivity index (χ3v) is 3.01. The van der Waals surface area contributed by atoms with Gasteiger partial charge in [-0.15, -0.1) is 0 Å². The van der Waals surface area contributed by atoms with Crippen LogP contribution in [-0.2, 0) is 0 Å². The van der Waals surface area contributed by atoms with E-state index in [4.69, 9.17) is 11.6 Å². The van der Waals surface area contributed by atoms with Gasteiger partial charge in [0.15, 0.2) is 11.6 Å². The fourth-order valence-electron chi connectivity index (χ4n) is 1.58. The summed E-state index contributed by atoms with van der Waals surface area (Å²) in [6.07, 6.45) is 1.12. The van der Waals surface area contributed by atoms with E-state index in [1.54, 1.807) is 13.8 Å². The van der Waals surface area contributed by atoms with Gasteiger partial charge in [-0.3, -0.25) is 0 Å². The smallest absolute Gasteiger partial charge is 0.224 e. The molecule has 0 bridgehead atoms. The van der Waals surface area contributed by atoms with E-state index >= 15 is 0 Å². The van der Waals surface area contributed by atoms with Gasteiger partial charge in [0.1, 0.15) is 0 Å². The van der Waals surface area contributed by atoms with Crippen molar-refractivity contribution in [1.29, 1.82) is 0 Å². The van der Waals surface area contributed by atoms with Crippen molar-refractivity contribution in [2.24, 2.45) is 0 Å². The highest BCUT2D eigenvalue weighted by Crippen LogP contribution is 2.22. The topological polar surface area (TPSA) is 55.6 Å². The minimum atomic E-state index is -0.543. The van der Waals surface area contributed by atoms with E-state index in [1.807, 2.05) is 6.92 Å². The summed E-state index contributed by atoms with van der Waals surface area (Å²) in [7, 11) is 0. The third-order valence-electron chi connectivity index (χ3n) is 2.46. The standard InChI is InChI=1S/C11H13ClFN5/c1-4-14-11-15-5-8(13)10(16-11)18-7(3)9(12)6(2)17-18/h5H,4H2,1-3H3,(H,14,15,16). The predicted octanol–water partition coefficient (Wildman–Crippen LogP) is 2.50. The molecule has 0 radical (unpaired) electrons. The third kappa shape index (κ3) is 2.15. The Morgan fingerprint density at radius 2 is 2.17 bits per heavy atom. The van der Waals surface area contributed by atoms with Crippen molar-refractivity contribution in [3.05, 3.63) is 28.4 Å². The van der Waals surface area contributed by atoms with Crippen LogP contribution in [-0.4, -0.2) is 26.3 Å². The second-order valence-corrected chi connectivity index (χ2v) is 4.17. The Bertz CT molecular complexity index is 581. The molecule has 2 rings (SSSR count). The van der Waals surface area contributed by atoms with Gasteiger partial charge >= 0.3 is 0 Å². The second-order valence-electron chi connectivity index (χ2n) is 3.79. The zero-order valence-electron chi connectivity index (χ0n) is 10.3. The van der Waals surface area contributed by atoms with E-state index in [0.717, 1.165) is 6.20 Å². The molecule has 5 nitrogen and oxygen atoms in total. The van der Waals surface area contributed by atoms with Crippen LogP contribution in [0.4, 0.5) is 10.3 Å². The SMILES string of the molecule is CCNc1ncc(F)c(-n2nc(C)c(Cl)c2C)n1. The van der Waals surface area contributed by atoms with Crippen molar-refractivity contribution >= 4 is 17.5 Å². The number of aromatic nitrogens is 4. The quantitative estimate of drug-likeness (QED) is 0.930. The monoisotopic (exact) mass is 269 g/mol. The summed E-state index contributed by atoms with van der Waals surface area (Å²) >= 11 is 6.04. The van der Waals surface area contributed by atoms with Crippen molar-refractivity contribution in [3.63, 3.8) is 0 Å². The Balaban J connectivity index is 2.55. The first-order valence-corrected chi connectivity index (χ1v) is 5.91. The number of nitrogens with zero attached hydrogens (tertiary/aromatic N) is 4. The Hall–Kier alpha value is -1.69. The van der Waals surface area contributed by atoms with Gasteiger partial charge in [-0.25, -0.2) is 14.1 Å². The van der Waals surface area contributed by atoms with Crippen LogP contribution >= 0.6 is 11.6 Å². The van der Waals surface area contributed by atoms with Crippen LogP contribution in [0.3, 0.4) is 0 Å². The molecule has 0 aliphatic carbocycles. The van der Waals surface area contributed by atoms with Crippen molar-refractivity contribution < 1.29 is 4.39 Å². The van der Waals surface area contributed by atoms with E-state index < -0.39 is 5.82 Å². The van der Waals surface area contributed by atoms with Gasteiger partial charge in [0.25, 0.3) is 0 Å². The maximum absolute atomic E-state index is 13.8. The molecule has 2 aromatic rings. The number of hydrogen-bond acceptors (Lipinski definition) is 4. The normalized spacial score (nSPS) is 10.7. The first kappa shape index (κ1) is 12.8. The molecule has 0 saturated carbocycles. The summed E-state index contributed by atoms with van der Waals surface area (Å²) in [6.45, 7) is 6.09. The molecule has 0 aliphatic rings. The fraction of sp³-hybridized carbons (Fsp3) is 0.364. The minimum Gasteiger partial charge on any atom is -0.354 e. The van der Waals surface area contributed by atoms with E-state index in [2.05, 4.69) is 20.4 Å². The van der Waals surface area contributed by atoms with Gasteiger partial charge in [-0.05, 0) is 20.8 Å². The van der Waals surface area contributed by atoms with Gasteiger partial charge < -0.3 is 5.32 Å². The van der Waals surface area contributed by atoms with Crippen LogP contribution in [0.15, 0.2) is 6.20 Å². The van der Waals surface area contributed by atoms with E-state index in [1.165, 1.54) is 4.68 Å². The molecule has 2 heterocycles. The number of rotatable bonds is 3. The highest BCUT2D eigenvalue weighted by molar-refractivity contribution is 6.31. The summed E-state index contributed by atoms with van der Waals surface area (Å²) in [5.41, 5.74) is 1.28. The molecule has 0 atom stereocenters. The summed E-state index contributed by atoms with van der Waals surface area (Å²) < 4.78 is 15.1. The molecule has 0 unspecified atom stereocenters. The zero-order chi connectivity index (χ0) is 13.3. The molecule has 7 heteroatoms. The van der Waals surface area contributed by atoms with E-state index in [-0.39, 0.29) is 5.82 Å². The summed E-state index contributed by atoms with van der Waals surface area (Å²) in [5, 5.41) is 7.60. The van der Waals surface area contributed by atoms with Crippen LogP contribution in [0, 0.1) is 19.7 Å². The summed E-state index contributed by atoms with van der Waals surface area (Å²) in [5.74, 6) is -0.0926. The lowest BCUT2D eigenvalue weighted by molar-refractivity contribution is 0.590. The fourth-order valence-corrected chi connectivity index (χ4v) is 1.70. The van der Waals surface area contributed by atoms with Gasteiger partial charge in [-0.2, -0.15) is 10.1 Å². The maximum atomic E-state index is 13.8. The molecular weight excluding hydrogens is 257 g/mol. The first-order chi connectivity index (χ1) is 8.54. The molecule has 0 spiro atoms. The molecule has 1 N–H and O–H groups in total. The Morgan fingerprint density at radius 1 is 1.44 bits per heavy atom. The van der Waals surface area contributed by atoms with Gasteiger partial charge in [0, 0.05) is 6.54 Å². The van der Waals surface area contributed by atoms with Gasteiger partial charge in [0.2, 0.25) is 5.95 Å². The molecule has 0 aliphatic heterocycles. The highest BCUT2D eigenvalue weighted by atomic mass is 35.5. The van der Waals surface area contributed by atoms with Crippen molar-refractivity contribution in [2.75, 3.05) is 11.9 Å². The predicted molar refractivity (Wildman–Crippen MR) is 67.8 cm³/mol. The highest BCUT2D eigenvalue weighted by Gasteiger charge is 2.16. The minimum absolute atomic E-state index is 0.0912. The first-order valence-electron chi connectivity index (χ1n) is 5.53. The van der Waals surface area contributed by atoms with Crippen LogP contribution in [0.1, 0.15) is 18.3 Å². The van der Waals surface area contributed by atoms with Gasteiger partial charge in [0.05, 0.1) is 22.6 Å². The molecule has 18 heavy (non-hydrogen) atoms. The lowest BCUT2D eigenvalue weighted by Crippen LogP contribution is -2.10. The summed E-state index contributed by atoms with van der Waals surface area (Å²) in [6, 6.07) is 0. The average molecular weight is 270 g/mol. The average Bonchev–Trinajstić information content (AvgIpc) is 2.60. The molecule has 0 aromatic carbocycles. The van der Waals surface area contributed by atoms with Gasteiger partial charge in [-0.1, -0.05) is 11.6 Å². The molecule has 96 valence electrons. The van der Waals surface area contributed by atoms with E-state index in [0.29, 0.717) is 28.9 Å². The Kier molecular flexibility index (Phi) is 3.47. The number of aryl methyl sites for hydroxylation is 1. The van der Waals surface area contributed by atoms with Crippen LogP contribution in [0.5, 0.6) is 0 Å². The van der Waals surface area contributed by atoms with E-state index in [9.17, 15) is 4.39 Å². The number of nitrogens with one attached hydrogen (secondary N) is 1. The molecular formula is C11H13ClFN5. The van der Waals surface area contributed by atoms with Crippen molar-refractivity contribution in [3.8, 4) is 5.82 Å². The second kappa shape index (κ2) is 4.89. The number of anilines is 1. The van der Waals surface area contributed by atoms with Crippen LogP contribution in [0.2, 0.25) is 5.02 Å². The number of hydrogen-bond donors (Lipinski definition) is 1. The lowest BCUT2D eigenvalue weighted by Gasteiger charge is -2.07. The summed E-state index contributed by atoms with van der Waals surface area (Å²) in [4.78, 5) is 7.93. The zero-order valence-corrected chi connectivity index (χ0v) is 11.1. The van der Waals surface area contributed by atoms with Crippen molar-refractivity contribution in [2.45, 2.75) is 20.8 Å². The van der Waals surface area contributed by atoms with Crippen molar-refractivity contribution in [1.82, 2.24) is 19.7 Å². The number of halogens is 2. The largest absolute Gasteiger partial charge is 0.354 e. The molecule has 0 saturated heterocycles. The molecule has 2 aromatic heterocycles. The molecule has 0 amide bonds. The Labute approximate surface area is 109 Å². The molecule has 0 fully saturated rings.